The number of carbonyl (C=O) groups is 2. The molecule has 6 heteroatoms. The number of amides is 1. The Labute approximate surface area is 127 Å². The van der Waals surface area contributed by atoms with Crippen LogP contribution in [0.2, 0.25) is 0 Å². The number of carbonyl (C=O) groups excluding carboxylic acids is 2. The first-order chi connectivity index (χ1) is 10.6. The SMILES string of the molecule is CCN(Cc1cccc(F)c1)C(=O)COC(=O)c1ccc[nH]1. The second kappa shape index (κ2) is 7.40. The molecule has 0 aliphatic rings. The lowest BCUT2D eigenvalue weighted by atomic mass is 10.2. The van der Waals surface area contributed by atoms with E-state index in [1.165, 1.54) is 17.0 Å². The van der Waals surface area contributed by atoms with Crippen LogP contribution >= 0.6 is 0 Å². The van der Waals surface area contributed by atoms with Crippen LogP contribution in [0.3, 0.4) is 0 Å². The Kier molecular flexibility index (Phi) is 5.30. The van der Waals surface area contributed by atoms with E-state index in [1.807, 2.05) is 6.92 Å². The van der Waals surface area contributed by atoms with Gasteiger partial charge in [-0.3, -0.25) is 4.79 Å². The molecule has 0 radical (unpaired) electrons. The summed E-state index contributed by atoms with van der Waals surface area (Å²) in [6.45, 7) is 2.17. The van der Waals surface area contributed by atoms with Crippen molar-refractivity contribution in [1.82, 2.24) is 9.88 Å². The average Bonchev–Trinajstić information content (AvgIpc) is 3.04. The van der Waals surface area contributed by atoms with Gasteiger partial charge >= 0.3 is 5.97 Å². The second-order valence-electron chi connectivity index (χ2n) is 4.70. The van der Waals surface area contributed by atoms with Crippen LogP contribution in [-0.4, -0.2) is 34.9 Å². The minimum atomic E-state index is -0.583. The quantitative estimate of drug-likeness (QED) is 0.833. The molecule has 1 aromatic heterocycles. The first-order valence-electron chi connectivity index (χ1n) is 6.93. The summed E-state index contributed by atoms with van der Waals surface area (Å²) < 4.78 is 18.1. The summed E-state index contributed by atoms with van der Waals surface area (Å²) in [5.41, 5.74) is 0.979. The molecule has 0 aliphatic heterocycles. The highest BCUT2D eigenvalue weighted by Gasteiger charge is 2.16. The van der Waals surface area contributed by atoms with Crippen molar-refractivity contribution in [2.75, 3.05) is 13.2 Å². The van der Waals surface area contributed by atoms with Crippen LogP contribution in [0, 0.1) is 5.82 Å². The Morgan fingerprint density at radius 2 is 2.09 bits per heavy atom. The predicted molar refractivity (Wildman–Crippen MR) is 78.6 cm³/mol. The van der Waals surface area contributed by atoms with Gasteiger partial charge in [0, 0.05) is 19.3 Å². The van der Waals surface area contributed by atoms with Crippen molar-refractivity contribution in [3.05, 3.63) is 59.7 Å². The summed E-state index contributed by atoms with van der Waals surface area (Å²) in [5.74, 6) is -1.26. The summed E-state index contributed by atoms with van der Waals surface area (Å²) in [5, 5.41) is 0. The predicted octanol–water partition coefficient (Wildman–Crippen LogP) is 2.36. The number of likely N-dealkylation sites (N-methyl/N-ethyl adjacent to an activating group) is 1. The summed E-state index contributed by atoms with van der Waals surface area (Å²) in [6, 6.07) is 9.29. The number of ether oxygens (including phenoxy) is 1. The van der Waals surface area contributed by atoms with Crippen molar-refractivity contribution < 1.29 is 18.7 Å². The number of aromatic nitrogens is 1. The molecule has 0 unspecified atom stereocenters. The number of esters is 1. The van der Waals surface area contributed by atoms with Crippen LogP contribution in [-0.2, 0) is 16.1 Å². The van der Waals surface area contributed by atoms with E-state index in [1.54, 1.807) is 30.5 Å². The number of nitrogens with one attached hydrogen (secondary N) is 1. The maximum absolute atomic E-state index is 13.2. The molecule has 1 amide bonds. The van der Waals surface area contributed by atoms with Gasteiger partial charge in [-0.15, -0.1) is 0 Å². The van der Waals surface area contributed by atoms with E-state index in [0.717, 1.165) is 0 Å². The number of hydrogen-bond acceptors (Lipinski definition) is 3. The van der Waals surface area contributed by atoms with Gasteiger partial charge < -0.3 is 14.6 Å². The maximum atomic E-state index is 13.2. The van der Waals surface area contributed by atoms with Crippen molar-refractivity contribution in [3.63, 3.8) is 0 Å². The number of hydrogen-bond donors (Lipinski definition) is 1. The highest BCUT2D eigenvalue weighted by Crippen LogP contribution is 2.08. The molecule has 0 spiro atoms. The van der Waals surface area contributed by atoms with Gasteiger partial charge in [0.25, 0.3) is 5.91 Å². The minimum Gasteiger partial charge on any atom is -0.451 e. The Morgan fingerprint density at radius 1 is 1.27 bits per heavy atom. The third-order valence-electron chi connectivity index (χ3n) is 3.14. The first-order valence-corrected chi connectivity index (χ1v) is 6.93. The molecule has 0 saturated carbocycles. The monoisotopic (exact) mass is 304 g/mol. The molecule has 2 rings (SSSR count). The van der Waals surface area contributed by atoms with Crippen LogP contribution in [0.4, 0.5) is 4.39 Å². The van der Waals surface area contributed by atoms with Crippen LogP contribution in [0.15, 0.2) is 42.6 Å². The largest absolute Gasteiger partial charge is 0.451 e. The van der Waals surface area contributed by atoms with Crippen LogP contribution in [0.25, 0.3) is 0 Å². The molecule has 0 fully saturated rings. The molecule has 22 heavy (non-hydrogen) atoms. The second-order valence-corrected chi connectivity index (χ2v) is 4.70. The maximum Gasteiger partial charge on any atom is 0.355 e. The van der Waals surface area contributed by atoms with Crippen LogP contribution in [0.5, 0.6) is 0 Å². The number of benzene rings is 1. The molecular weight excluding hydrogens is 287 g/mol. The summed E-state index contributed by atoms with van der Waals surface area (Å²) in [6.07, 6.45) is 1.60. The molecule has 2 aromatic rings. The molecule has 1 aromatic carbocycles. The molecule has 0 aliphatic carbocycles. The molecule has 0 bridgehead atoms. The fourth-order valence-electron chi connectivity index (χ4n) is 1.99. The Morgan fingerprint density at radius 3 is 2.73 bits per heavy atom. The lowest BCUT2D eigenvalue weighted by Gasteiger charge is -2.20. The zero-order valence-electron chi connectivity index (χ0n) is 12.2. The van der Waals surface area contributed by atoms with Crippen molar-refractivity contribution in [2.45, 2.75) is 13.5 Å². The molecule has 1 N–H and O–H groups in total. The van der Waals surface area contributed by atoms with Crippen LogP contribution < -0.4 is 0 Å². The lowest BCUT2D eigenvalue weighted by molar-refractivity contribution is -0.134. The molecule has 116 valence electrons. The zero-order valence-corrected chi connectivity index (χ0v) is 12.2. The van der Waals surface area contributed by atoms with Gasteiger partial charge in [-0.2, -0.15) is 0 Å². The summed E-state index contributed by atoms with van der Waals surface area (Å²) in [7, 11) is 0. The fraction of sp³-hybridized carbons (Fsp3) is 0.250. The van der Waals surface area contributed by atoms with Gasteiger partial charge in [-0.1, -0.05) is 12.1 Å². The van der Waals surface area contributed by atoms with Gasteiger partial charge in [-0.05, 0) is 36.8 Å². The smallest absolute Gasteiger partial charge is 0.355 e. The Bertz CT molecular complexity index is 641. The molecule has 0 atom stereocenters. The topological polar surface area (TPSA) is 62.4 Å². The van der Waals surface area contributed by atoms with Crippen molar-refractivity contribution in [3.8, 4) is 0 Å². The third kappa shape index (κ3) is 4.18. The standard InChI is InChI=1S/C16H17FN2O3/c1-2-19(10-12-5-3-6-13(17)9-12)15(20)11-22-16(21)14-7-4-8-18-14/h3-9,18H,2,10-11H2,1H3. The van der Waals surface area contributed by atoms with Gasteiger partial charge in [0.05, 0.1) is 0 Å². The van der Waals surface area contributed by atoms with Crippen LogP contribution in [0.1, 0.15) is 23.0 Å². The van der Waals surface area contributed by atoms with Gasteiger partial charge in [0.1, 0.15) is 11.5 Å². The Hall–Kier alpha value is -2.63. The molecule has 1 heterocycles. The highest BCUT2D eigenvalue weighted by molar-refractivity contribution is 5.89. The zero-order chi connectivity index (χ0) is 15.9. The number of rotatable bonds is 6. The van der Waals surface area contributed by atoms with E-state index < -0.39 is 5.97 Å². The van der Waals surface area contributed by atoms with E-state index >= 15 is 0 Å². The van der Waals surface area contributed by atoms with E-state index in [0.29, 0.717) is 17.8 Å². The van der Waals surface area contributed by atoms with E-state index in [9.17, 15) is 14.0 Å². The first kappa shape index (κ1) is 15.8. The van der Waals surface area contributed by atoms with Crippen molar-refractivity contribution in [2.24, 2.45) is 0 Å². The van der Waals surface area contributed by atoms with Gasteiger partial charge in [0.15, 0.2) is 6.61 Å². The normalized spacial score (nSPS) is 10.3. The number of nitrogens with zero attached hydrogens (tertiary/aromatic N) is 1. The van der Waals surface area contributed by atoms with E-state index in [-0.39, 0.29) is 24.9 Å². The fourth-order valence-corrected chi connectivity index (χ4v) is 1.99. The lowest BCUT2D eigenvalue weighted by Crippen LogP contribution is -2.34. The van der Waals surface area contributed by atoms with Gasteiger partial charge in [-0.25, -0.2) is 9.18 Å². The number of H-pyrrole nitrogens is 1. The number of aromatic amines is 1. The molecular formula is C16H17FN2O3. The molecule has 0 saturated heterocycles. The average molecular weight is 304 g/mol. The van der Waals surface area contributed by atoms with Gasteiger partial charge in [0.2, 0.25) is 0 Å². The van der Waals surface area contributed by atoms with Crippen molar-refractivity contribution >= 4 is 11.9 Å². The summed E-state index contributed by atoms with van der Waals surface area (Å²) >= 11 is 0. The minimum absolute atomic E-state index is 0.271. The highest BCUT2D eigenvalue weighted by atomic mass is 19.1. The van der Waals surface area contributed by atoms with E-state index in [2.05, 4.69) is 4.98 Å². The Balaban J connectivity index is 1.90. The van der Waals surface area contributed by atoms with E-state index in [4.69, 9.17) is 4.74 Å². The van der Waals surface area contributed by atoms with Crippen molar-refractivity contribution in [1.29, 1.82) is 0 Å². The summed E-state index contributed by atoms with van der Waals surface area (Å²) in [4.78, 5) is 27.9. The third-order valence-corrected chi connectivity index (χ3v) is 3.14. The molecule has 5 nitrogen and oxygen atoms in total. The number of halogens is 1.